The van der Waals surface area contributed by atoms with Crippen molar-refractivity contribution in [1.29, 1.82) is 0 Å². The Morgan fingerprint density at radius 1 is 1.33 bits per heavy atom. The molecule has 1 amide bonds. The monoisotopic (exact) mass is 433 g/mol. The molecule has 1 aliphatic rings. The van der Waals surface area contributed by atoms with Crippen LogP contribution in [-0.2, 0) is 20.8 Å². The fourth-order valence-electron chi connectivity index (χ4n) is 3.10. The van der Waals surface area contributed by atoms with Crippen molar-refractivity contribution in [3.63, 3.8) is 0 Å². The molecule has 0 spiro atoms. The fourth-order valence-corrected chi connectivity index (χ4v) is 3.31. The van der Waals surface area contributed by atoms with Gasteiger partial charge in [0.1, 0.15) is 5.76 Å². The topological polar surface area (TPSA) is 103 Å². The molecule has 1 aromatic carbocycles. The molecule has 1 atom stereocenters. The lowest BCUT2D eigenvalue weighted by Gasteiger charge is -2.24. The van der Waals surface area contributed by atoms with E-state index >= 15 is 0 Å². The number of aromatic nitrogens is 1. The van der Waals surface area contributed by atoms with E-state index in [-0.39, 0.29) is 37.6 Å². The molecule has 8 nitrogen and oxygen atoms in total. The second-order valence-corrected chi connectivity index (χ2v) is 7.84. The van der Waals surface area contributed by atoms with Gasteiger partial charge in [-0.1, -0.05) is 47.9 Å². The largest absolute Gasteiger partial charge is 0.463 e. The van der Waals surface area contributed by atoms with E-state index in [1.807, 2.05) is 19.9 Å². The van der Waals surface area contributed by atoms with Crippen LogP contribution in [0.5, 0.6) is 0 Å². The van der Waals surface area contributed by atoms with Crippen molar-refractivity contribution in [2.75, 3.05) is 13.2 Å². The Bertz CT molecular complexity index is 956. The minimum absolute atomic E-state index is 0.111. The number of halogens is 1. The maximum Gasteiger partial charge on any atom is 0.354 e. The molecule has 0 bridgehead atoms. The number of hydrogen-bond donors (Lipinski definition) is 1. The van der Waals surface area contributed by atoms with Crippen molar-refractivity contribution in [3.8, 4) is 0 Å². The molecule has 1 aliphatic heterocycles. The van der Waals surface area contributed by atoms with Gasteiger partial charge in [-0.3, -0.25) is 4.79 Å². The maximum absolute atomic E-state index is 12.7. The zero-order chi connectivity index (χ0) is 21.7. The zero-order valence-electron chi connectivity index (χ0n) is 17.1. The van der Waals surface area contributed by atoms with Crippen LogP contribution in [0.25, 0.3) is 0 Å². The highest BCUT2D eigenvalue weighted by Crippen LogP contribution is 2.30. The zero-order valence-corrected chi connectivity index (χ0v) is 17.9. The highest BCUT2D eigenvalue weighted by Gasteiger charge is 2.48. The van der Waals surface area contributed by atoms with Gasteiger partial charge in [0.15, 0.2) is 5.69 Å². The number of carbonyl (C=O) groups is 2. The Kier molecular flexibility index (Phi) is 6.77. The lowest BCUT2D eigenvalue weighted by Crippen LogP contribution is -2.43. The lowest BCUT2D eigenvalue weighted by molar-refractivity contribution is -0.168. The van der Waals surface area contributed by atoms with Crippen LogP contribution in [0.4, 0.5) is 0 Å². The summed E-state index contributed by atoms with van der Waals surface area (Å²) in [5.41, 5.74) is 0.235. The highest BCUT2D eigenvalue weighted by atomic mass is 35.5. The number of carbonyl (C=O) groups excluding carboxylic acids is 2. The number of nitrogens with one attached hydrogen (secondary N) is 1. The number of esters is 1. The van der Waals surface area contributed by atoms with Crippen LogP contribution in [0, 0.1) is 0 Å². The predicted molar refractivity (Wildman–Crippen MR) is 111 cm³/mol. The minimum Gasteiger partial charge on any atom is -0.463 e. The van der Waals surface area contributed by atoms with Crippen molar-refractivity contribution in [2.45, 2.75) is 45.1 Å². The first kappa shape index (κ1) is 21.8. The van der Waals surface area contributed by atoms with E-state index < -0.39 is 17.5 Å². The number of oxime groups is 1. The number of rotatable bonds is 8. The smallest absolute Gasteiger partial charge is 0.354 e. The summed E-state index contributed by atoms with van der Waals surface area (Å²) in [5, 5.41) is 11.1. The number of nitrogens with zero attached hydrogens (tertiary/aromatic N) is 2. The van der Waals surface area contributed by atoms with Crippen LogP contribution in [-0.4, -0.2) is 41.5 Å². The summed E-state index contributed by atoms with van der Waals surface area (Å²) in [5.74, 6) is -0.141. The molecule has 0 saturated carbocycles. The molecule has 0 saturated heterocycles. The van der Waals surface area contributed by atoms with E-state index in [1.54, 1.807) is 31.2 Å². The van der Waals surface area contributed by atoms with Gasteiger partial charge in [-0.05, 0) is 24.6 Å². The number of hydrogen-bond acceptors (Lipinski definition) is 7. The van der Waals surface area contributed by atoms with Crippen molar-refractivity contribution in [1.82, 2.24) is 10.5 Å². The summed E-state index contributed by atoms with van der Waals surface area (Å²) in [4.78, 5) is 30.6. The highest BCUT2D eigenvalue weighted by molar-refractivity contribution is 6.30. The van der Waals surface area contributed by atoms with Crippen LogP contribution >= 0.6 is 11.6 Å². The van der Waals surface area contributed by atoms with E-state index in [0.717, 1.165) is 5.56 Å². The summed E-state index contributed by atoms with van der Waals surface area (Å²) >= 11 is 6.06. The fraction of sp³-hybridized carbons (Fsp3) is 0.429. The van der Waals surface area contributed by atoms with Gasteiger partial charge in [0.05, 0.1) is 18.9 Å². The van der Waals surface area contributed by atoms with Gasteiger partial charge in [-0.25, -0.2) is 4.79 Å². The van der Waals surface area contributed by atoms with Crippen molar-refractivity contribution < 1.29 is 23.7 Å². The summed E-state index contributed by atoms with van der Waals surface area (Å²) in [6.07, 6.45) is 0.434. The quantitative estimate of drug-likeness (QED) is 0.639. The van der Waals surface area contributed by atoms with E-state index in [4.69, 9.17) is 25.7 Å². The second kappa shape index (κ2) is 9.30. The number of benzene rings is 1. The second-order valence-electron chi connectivity index (χ2n) is 7.40. The summed E-state index contributed by atoms with van der Waals surface area (Å²) in [7, 11) is 0. The third-order valence-corrected chi connectivity index (χ3v) is 4.88. The molecule has 2 heterocycles. The molecule has 30 heavy (non-hydrogen) atoms. The SMILES string of the molecule is CCOC(=O)C1(Cc2cccc(Cl)c2)CC(CNC(=O)c2cc(C(C)C)on2)=NO1. The standard InChI is InChI=1S/C21H24ClN3O5/c1-4-28-20(27)21(10-14-6-5-7-15(22)8-14)11-16(24-30-21)12-23-19(26)17-9-18(13(2)3)29-25-17/h5-9,13H,4,10-12H2,1-3H3,(H,23,26). The summed E-state index contributed by atoms with van der Waals surface area (Å²) < 4.78 is 10.4. The molecule has 1 unspecified atom stereocenters. The van der Waals surface area contributed by atoms with Crippen LogP contribution in [0.15, 0.2) is 40.0 Å². The molecular weight excluding hydrogens is 410 g/mol. The van der Waals surface area contributed by atoms with Crippen LogP contribution in [0.3, 0.4) is 0 Å². The van der Waals surface area contributed by atoms with Crippen molar-refractivity contribution in [3.05, 3.63) is 52.4 Å². The van der Waals surface area contributed by atoms with Gasteiger partial charge in [0.25, 0.3) is 5.91 Å². The molecule has 9 heteroatoms. The van der Waals surface area contributed by atoms with Gasteiger partial charge in [-0.2, -0.15) is 0 Å². The molecule has 160 valence electrons. The summed E-state index contributed by atoms with van der Waals surface area (Å²) in [6.45, 7) is 5.95. The van der Waals surface area contributed by atoms with E-state index in [1.165, 1.54) is 0 Å². The third-order valence-electron chi connectivity index (χ3n) is 4.65. The predicted octanol–water partition coefficient (Wildman–Crippen LogP) is 3.50. The van der Waals surface area contributed by atoms with Crippen molar-refractivity contribution in [2.24, 2.45) is 5.16 Å². The van der Waals surface area contributed by atoms with Gasteiger partial charge in [-0.15, -0.1) is 0 Å². The first-order chi connectivity index (χ1) is 14.3. The first-order valence-corrected chi connectivity index (χ1v) is 10.1. The molecule has 1 N–H and O–H groups in total. The molecule has 2 aromatic rings. The Morgan fingerprint density at radius 3 is 2.80 bits per heavy atom. The van der Waals surface area contributed by atoms with E-state index in [2.05, 4.69) is 15.6 Å². The maximum atomic E-state index is 12.7. The van der Waals surface area contributed by atoms with Crippen molar-refractivity contribution >= 4 is 29.2 Å². The molecular formula is C21H24ClN3O5. The Labute approximate surface area is 179 Å². The van der Waals surface area contributed by atoms with Crippen LogP contribution in [0.1, 0.15) is 54.9 Å². The summed E-state index contributed by atoms with van der Waals surface area (Å²) in [6, 6.07) is 8.78. The number of ether oxygens (including phenoxy) is 1. The van der Waals surface area contributed by atoms with Gasteiger partial charge in [0, 0.05) is 29.8 Å². The van der Waals surface area contributed by atoms with Crippen LogP contribution < -0.4 is 5.32 Å². The molecule has 3 rings (SSSR count). The van der Waals surface area contributed by atoms with Gasteiger partial charge >= 0.3 is 5.97 Å². The molecule has 1 aromatic heterocycles. The van der Waals surface area contributed by atoms with E-state index in [0.29, 0.717) is 16.5 Å². The van der Waals surface area contributed by atoms with Gasteiger partial charge < -0.3 is 19.4 Å². The first-order valence-electron chi connectivity index (χ1n) is 9.73. The van der Waals surface area contributed by atoms with E-state index in [9.17, 15) is 9.59 Å². The van der Waals surface area contributed by atoms with Gasteiger partial charge in [0.2, 0.25) is 5.60 Å². The Hall–Kier alpha value is -2.87. The van der Waals surface area contributed by atoms with Crippen LogP contribution in [0.2, 0.25) is 5.02 Å². The average Bonchev–Trinajstić information content (AvgIpc) is 3.35. The minimum atomic E-state index is -1.29. The number of amides is 1. The third kappa shape index (κ3) is 4.99. The Balaban J connectivity index is 1.66. The molecule has 0 fully saturated rings. The Morgan fingerprint density at radius 2 is 2.13 bits per heavy atom. The lowest BCUT2D eigenvalue weighted by atomic mass is 9.89. The normalized spacial score (nSPS) is 18.1. The molecule has 0 radical (unpaired) electrons. The molecule has 0 aliphatic carbocycles. The average molecular weight is 434 g/mol.